The van der Waals surface area contributed by atoms with Crippen molar-refractivity contribution in [2.24, 2.45) is 5.92 Å². The predicted molar refractivity (Wildman–Crippen MR) is 66.9 cm³/mol. The molecule has 0 radical (unpaired) electrons. The average molecular weight is 240 g/mol. The van der Waals surface area contributed by atoms with E-state index in [1.165, 1.54) is 12.8 Å². The average Bonchev–Trinajstić information content (AvgIpc) is 2.37. The SMILES string of the molecule is CC1CCCN(C(=O)CCN2CCOCC2)C1. The first-order valence-corrected chi connectivity index (χ1v) is 6.83. The zero-order valence-corrected chi connectivity index (χ0v) is 10.9. The van der Waals surface area contributed by atoms with Crippen molar-refractivity contribution >= 4 is 5.91 Å². The molecule has 0 aliphatic carbocycles. The highest BCUT2D eigenvalue weighted by Gasteiger charge is 2.21. The van der Waals surface area contributed by atoms with Crippen LogP contribution in [0.4, 0.5) is 0 Å². The molecule has 2 aliphatic rings. The summed E-state index contributed by atoms with van der Waals surface area (Å²) in [5.74, 6) is 1.01. The monoisotopic (exact) mass is 240 g/mol. The number of ether oxygens (including phenoxy) is 1. The van der Waals surface area contributed by atoms with Crippen LogP contribution in [0.15, 0.2) is 0 Å². The van der Waals surface area contributed by atoms with Gasteiger partial charge in [-0.15, -0.1) is 0 Å². The summed E-state index contributed by atoms with van der Waals surface area (Å²) in [6.45, 7) is 8.64. The van der Waals surface area contributed by atoms with Crippen molar-refractivity contribution in [2.75, 3.05) is 45.9 Å². The van der Waals surface area contributed by atoms with E-state index >= 15 is 0 Å². The van der Waals surface area contributed by atoms with Gasteiger partial charge in [0.2, 0.25) is 5.91 Å². The number of piperidine rings is 1. The molecule has 0 aromatic carbocycles. The Morgan fingerprint density at radius 3 is 2.76 bits per heavy atom. The second-order valence-corrected chi connectivity index (χ2v) is 5.29. The van der Waals surface area contributed by atoms with E-state index in [0.29, 0.717) is 18.2 Å². The van der Waals surface area contributed by atoms with Gasteiger partial charge in [0, 0.05) is 39.1 Å². The van der Waals surface area contributed by atoms with Crippen molar-refractivity contribution < 1.29 is 9.53 Å². The van der Waals surface area contributed by atoms with Gasteiger partial charge in [0.25, 0.3) is 0 Å². The van der Waals surface area contributed by atoms with Gasteiger partial charge in [-0.2, -0.15) is 0 Å². The molecular weight excluding hydrogens is 216 g/mol. The quantitative estimate of drug-likeness (QED) is 0.737. The van der Waals surface area contributed by atoms with Gasteiger partial charge in [-0.25, -0.2) is 0 Å². The zero-order valence-electron chi connectivity index (χ0n) is 10.9. The van der Waals surface area contributed by atoms with Crippen LogP contribution in [0.5, 0.6) is 0 Å². The molecule has 4 nitrogen and oxygen atoms in total. The van der Waals surface area contributed by atoms with Crippen LogP contribution in [-0.2, 0) is 9.53 Å². The molecule has 0 aromatic heterocycles. The third kappa shape index (κ3) is 3.96. The largest absolute Gasteiger partial charge is 0.379 e. The molecule has 2 aliphatic heterocycles. The van der Waals surface area contributed by atoms with Crippen LogP contribution in [0.3, 0.4) is 0 Å². The van der Waals surface area contributed by atoms with E-state index in [9.17, 15) is 4.79 Å². The maximum Gasteiger partial charge on any atom is 0.223 e. The van der Waals surface area contributed by atoms with Gasteiger partial charge < -0.3 is 9.64 Å². The second kappa shape index (κ2) is 6.36. The summed E-state index contributed by atoms with van der Waals surface area (Å²) < 4.78 is 5.30. The number of amides is 1. The molecule has 98 valence electrons. The highest BCUT2D eigenvalue weighted by molar-refractivity contribution is 5.76. The molecule has 0 N–H and O–H groups in total. The minimum atomic E-state index is 0.336. The van der Waals surface area contributed by atoms with E-state index in [-0.39, 0.29) is 0 Å². The molecule has 2 saturated heterocycles. The summed E-state index contributed by atoms with van der Waals surface area (Å²) in [6, 6.07) is 0. The van der Waals surface area contributed by atoms with Crippen LogP contribution >= 0.6 is 0 Å². The topological polar surface area (TPSA) is 32.8 Å². The van der Waals surface area contributed by atoms with Crippen LogP contribution in [0.25, 0.3) is 0 Å². The van der Waals surface area contributed by atoms with Crippen molar-refractivity contribution in [2.45, 2.75) is 26.2 Å². The molecule has 1 amide bonds. The summed E-state index contributed by atoms with van der Waals surface area (Å²) >= 11 is 0. The first kappa shape index (κ1) is 12.8. The van der Waals surface area contributed by atoms with Gasteiger partial charge in [0.1, 0.15) is 0 Å². The van der Waals surface area contributed by atoms with Crippen molar-refractivity contribution in [1.29, 1.82) is 0 Å². The van der Waals surface area contributed by atoms with Gasteiger partial charge in [-0.1, -0.05) is 6.92 Å². The van der Waals surface area contributed by atoms with Crippen molar-refractivity contribution in [3.05, 3.63) is 0 Å². The molecule has 2 fully saturated rings. The molecule has 0 spiro atoms. The lowest BCUT2D eigenvalue weighted by Crippen LogP contribution is -2.42. The number of morpholine rings is 1. The normalized spacial score (nSPS) is 27.1. The van der Waals surface area contributed by atoms with Gasteiger partial charge in [-0.3, -0.25) is 9.69 Å². The number of likely N-dealkylation sites (tertiary alicyclic amines) is 1. The lowest BCUT2D eigenvalue weighted by Gasteiger charge is -2.32. The number of hydrogen-bond donors (Lipinski definition) is 0. The first-order chi connectivity index (χ1) is 8.25. The maximum absolute atomic E-state index is 12.1. The Bertz CT molecular complexity index is 252. The Morgan fingerprint density at radius 1 is 1.29 bits per heavy atom. The minimum absolute atomic E-state index is 0.336. The molecule has 0 aromatic rings. The maximum atomic E-state index is 12.1. The van der Waals surface area contributed by atoms with E-state index in [2.05, 4.69) is 16.7 Å². The van der Waals surface area contributed by atoms with E-state index in [4.69, 9.17) is 4.74 Å². The summed E-state index contributed by atoms with van der Waals surface area (Å²) in [5.41, 5.74) is 0. The Hall–Kier alpha value is -0.610. The van der Waals surface area contributed by atoms with Crippen LogP contribution in [-0.4, -0.2) is 61.6 Å². The third-order valence-corrected chi connectivity index (χ3v) is 3.76. The van der Waals surface area contributed by atoms with Crippen molar-refractivity contribution in [3.63, 3.8) is 0 Å². The summed E-state index contributed by atoms with van der Waals surface area (Å²) in [6.07, 6.45) is 3.12. The summed E-state index contributed by atoms with van der Waals surface area (Å²) in [7, 11) is 0. The number of carbonyl (C=O) groups is 1. The number of nitrogens with zero attached hydrogens (tertiary/aromatic N) is 2. The lowest BCUT2D eigenvalue weighted by molar-refractivity contribution is -0.133. The highest BCUT2D eigenvalue weighted by atomic mass is 16.5. The predicted octanol–water partition coefficient (Wildman–Crippen LogP) is 0.967. The van der Waals surface area contributed by atoms with Crippen LogP contribution < -0.4 is 0 Å². The smallest absolute Gasteiger partial charge is 0.223 e. The fraction of sp³-hybridized carbons (Fsp3) is 0.923. The van der Waals surface area contributed by atoms with Crippen molar-refractivity contribution in [1.82, 2.24) is 9.80 Å². The minimum Gasteiger partial charge on any atom is -0.379 e. The molecule has 4 heteroatoms. The molecule has 2 rings (SSSR count). The summed E-state index contributed by atoms with van der Waals surface area (Å²) in [4.78, 5) is 16.4. The molecular formula is C13H24N2O2. The highest BCUT2D eigenvalue weighted by Crippen LogP contribution is 2.16. The molecule has 17 heavy (non-hydrogen) atoms. The first-order valence-electron chi connectivity index (χ1n) is 6.83. The molecule has 0 saturated carbocycles. The fourth-order valence-corrected chi connectivity index (χ4v) is 2.65. The third-order valence-electron chi connectivity index (χ3n) is 3.76. The van der Waals surface area contributed by atoms with Gasteiger partial charge in [0.15, 0.2) is 0 Å². The van der Waals surface area contributed by atoms with Crippen LogP contribution in [0.1, 0.15) is 26.2 Å². The lowest BCUT2D eigenvalue weighted by atomic mass is 10.00. The molecule has 2 heterocycles. The van der Waals surface area contributed by atoms with Crippen molar-refractivity contribution in [3.8, 4) is 0 Å². The van der Waals surface area contributed by atoms with Gasteiger partial charge in [0.05, 0.1) is 13.2 Å². The Balaban J connectivity index is 1.69. The Kier molecular flexibility index (Phi) is 4.80. The second-order valence-electron chi connectivity index (χ2n) is 5.29. The molecule has 1 unspecified atom stereocenters. The zero-order chi connectivity index (χ0) is 12.1. The van der Waals surface area contributed by atoms with E-state index in [1.54, 1.807) is 0 Å². The van der Waals surface area contributed by atoms with E-state index in [0.717, 1.165) is 45.9 Å². The van der Waals surface area contributed by atoms with Crippen LogP contribution in [0, 0.1) is 5.92 Å². The summed E-state index contributed by atoms with van der Waals surface area (Å²) in [5, 5.41) is 0. The Morgan fingerprint density at radius 2 is 2.06 bits per heavy atom. The molecule has 0 bridgehead atoms. The number of carbonyl (C=O) groups excluding carboxylic acids is 1. The standard InChI is InChI=1S/C13H24N2O2/c1-12-3-2-5-15(11-12)13(16)4-6-14-7-9-17-10-8-14/h12H,2-11H2,1H3. The number of rotatable bonds is 3. The van der Waals surface area contributed by atoms with E-state index < -0.39 is 0 Å². The fourth-order valence-electron chi connectivity index (χ4n) is 2.65. The van der Waals surface area contributed by atoms with Gasteiger partial charge >= 0.3 is 0 Å². The Labute approximate surface area is 104 Å². The number of hydrogen-bond acceptors (Lipinski definition) is 3. The van der Waals surface area contributed by atoms with Gasteiger partial charge in [-0.05, 0) is 18.8 Å². The molecule has 1 atom stereocenters. The van der Waals surface area contributed by atoms with Crippen LogP contribution in [0.2, 0.25) is 0 Å². The van der Waals surface area contributed by atoms with E-state index in [1.807, 2.05) is 0 Å².